The summed E-state index contributed by atoms with van der Waals surface area (Å²) in [5, 5.41) is 13.6. The van der Waals surface area contributed by atoms with Crippen LogP contribution in [0, 0.1) is 21.7 Å². The molecule has 5 nitrogen and oxygen atoms in total. The lowest BCUT2D eigenvalue weighted by Crippen LogP contribution is -2.16. The third-order valence-electron chi connectivity index (χ3n) is 3.61. The number of nitro benzene ring substituents is 1. The molecule has 0 saturated heterocycles. The van der Waals surface area contributed by atoms with Crippen LogP contribution in [-0.2, 0) is 6.42 Å². The van der Waals surface area contributed by atoms with E-state index in [4.69, 9.17) is 4.42 Å². The number of furan rings is 1. The fourth-order valence-electron chi connectivity index (χ4n) is 2.61. The van der Waals surface area contributed by atoms with Gasteiger partial charge >= 0.3 is 5.69 Å². The monoisotopic (exact) mass is 294 g/mol. The van der Waals surface area contributed by atoms with Crippen molar-refractivity contribution in [1.82, 2.24) is 0 Å². The predicted molar refractivity (Wildman–Crippen MR) is 71.0 cm³/mol. The van der Waals surface area contributed by atoms with Gasteiger partial charge in [-0.05, 0) is 18.9 Å². The number of hydrogen-bond donors (Lipinski definition) is 1. The fraction of sp³-hybridized carbons (Fsp3) is 0.286. The van der Waals surface area contributed by atoms with Gasteiger partial charge in [0.2, 0.25) is 5.82 Å². The van der Waals surface area contributed by atoms with E-state index in [1.807, 2.05) is 0 Å². The molecular formula is C14H12F2N2O3. The zero-order valence-electron chi connectivity index (χ0n) is 10.9. The van der Waals surface area contributed by atoms with Crippen LogP contribution in [0.4, 0.5) is 20.2 Å². The van der Waals surface area contributed by atoms with E-state index < -0.39 is 22.2 Å². The molecule has 0 bridgehead atoms. The number of halogens is 2. The van der Waals surface area contributed by atoms with E-state index in [2.05, 4.69) is 5.32 Å². The van der Waals surface area contributed by atoms with Gasteiger partial charge in [0, 0.05) is 24.1 Å². The Labute approximate surface area is 118 Å². The minimum absolute atomic E-state index is 0.0813. The maximum absolute atomic E-state index is 13.8. The van der Waals surface area contributed by atoms with Gasteiger partial charge in [-0.25, -0.2) is 4.39 Å². The Hall–Kier alpha value is -2.44. The van der Waals surface area contributed by atoms with Crippen molar-refractivity contribution in [2.45, 2.75) is 25.3 Å². The Bertz CT molecular complexity index is 700. The van der Waals surface area contributed by atoms with Gasteiger partial charge in [-0.2, -0.15) is 4.39 Å². The number of nitro groups is 1. The number of aryl methyl sites for hydroxylation is 1. The molecule has 0 spiro atoms. The first-order valence-electron chi connectivity index (χ1n) is 6.52. The van der Waals surface area contributed by atoms with Gasteiger partial charge in [0.25, 0.3) is 0 Å². The van der Waals surface area contributed by atoms with E-state index in [1.54, 1.807) is 12.3 Å². The normalized spacial score (nSPS) is 17.3. The van der Waals surface area contributed by atoms with E-state index in [1.165, 1.54) is 0 Å². The lowest BCUT2D eigenvalue weighted by atomic mass is 9.93. The van der Waals surface area contributed by atoms with Gasteiger partial charge < -0.3 is 9.73 Å². The standard InChI is InChI=1S/C14H12F2N2O3/c15-9-6-10(16)13(18(19)20)7-12(9)17-11-2-1-3-14-8(11)4-5-21-14/h4-7,11,17H,1-3H2. The highest BCUT2D eigenvalue weighted by Crippen LogP contribution is 2.35. The van der Waals surface area contributed by atoms with Crippen LogP contribution < -0.4 is 5.32 Å². The number of benzene rings is 1. The Balaban J connectivity index is 1.93. The molecule has 0 aliphatic heterocycles. The SMILES string of the molecule is O=[N+]([O-])c1cc(NC2CCCc3occc32)c(F)cc1F. The van der Waals surface area contributed by atoms with Crippen molar-refractivity contribution >= 4 is 11.4 Å². The summed E-state index contributed by atoms with van der Waals surface area (Å²) in [6.07, 6.45) is 3.99. The molecule has 1 aliphatic carbocycles. The summed E-state index contributed by atoms with van der Waals surface area (Å²) in [5.74, 6) is -1.21. The van der Waals surface area contributed by atoms with E-state index in [0.717, 1.165) is 36.7 Å². The second kappa shape index (κ2) is 5.16. The summed E-state index contributed by atoms with van der Waals surface area (Å²) >= 11 is 0. The van der Waals surface area contributed by atoms with E-state index in [-0.39, 0.29) is 11.7 Å². The van der Waals surface area contributed by atoms with Crippen LogP contribution in [-0.4, -0.2) is 4.92 Å². The maximum atomic E-state index is 13.8. The second-order valence-electron chi connectivity index (χ2n) is 4.93. The fourth-order valence-corrected chi connectivity index (χ4v) is 2.61. The summed E-state index contributed by atoms with van der Waals surface area (Å²) in [7, 11) is 0. The zero-order valence-corrected chi connectivity index (χ0v) is 10.9. The third-order valence-corrected chi connectivity index (χ3v) is 3.61. The first-order chi connectivity index (χ1) is 10.1. The number of hydrogen-bond acceptors (Lipinski definition) is 4. The van der Waals surface area contributed by atoms with Crippen molar-refractivity contribution < 1.29 is 18.1 Å². The van der Waals surface area contributed by atoms with Crippen molar-refractivity contribution in [1.29, 1.82) is 0 Å². The summed E-state index contributed by atoms with van der Waals surface area (Å²) in [6.45, 7) is 0. The van der Waals surface area contributed by atoms with Gasteiger partial charge in [-0.1, -0.05) is 0 Å². The van der Waals surface area contributed by atoms with Crippen LogP contribution in [0.2, 0.25) is 0 Å². The molecule has 3 rings (SSSR count). The van der Waals surface area contributed by atoms with Crippen molar-refractivity contribution in [3.05, 3.63) is 57.5 Å². The number of rotatable bonds is 3. The molecule has 1 aromatic carbocycles. The molecular weight excluding hydrogens is 282 g/mol. The highest BCUT2D eigenvalue weighted by molar-refractivity contribution is 5.54. The van der Waals surface area contributed by atoms with Gasteiger partial charge in [0.1, 0.15) is 11.6 Å². The Kier molecular flexibility index (Phi) is 3.32. The molecule has 1 aromatic heterocycles. The van der Waals surface area contributed by atoms with Gasteiger partial charge in [0.05, 0.1) is 22.9 Å². The molecule has 1 unspecified atom stereocenters. The number of nitrogens with zero attached hydrogens (tertiary/aromatic N) is 1. The Morgan fingerprint density at radius 3 is 2.90 bits per heavy atom. The molecule has 1 heterocycles. The van der Waals surface area contributed by atoms with Crippen LogP contribution in [0.15, 0.2) is 28.9 Å². The number of anilines is 1. The van der Waals surface area contributed by atoms with E-state index in [9.17, 15) is 18.9 Å². The average Bonchev–Trinajstić information content (AvgIpc) is 2.90. The number of nitrogens with one attached hydrogen (secondary N) is 1. The van der Waals surface area contributed by atoms with Crippen LogP contribution in [0.25, 0.3) is 0 Å². The molecule has 7 heteroatoms. The van der Waals surface area contributed by atoms with Crippen LogP contribution in [0.5, 0.6) is 0 Å². The molecule has 110 valence electrons. The molecule has 21 heavy (non-hydrogen) atoms. The van der Waals surface area contributed by atoms with Crippen molar-refractivity contribution in [3.8, 4) is 0 Å². The molecule has 1 aliphatic rings. The lowest BCUT2D eigenvalue weighted by Gasteiger charge is -2.23. The summed E-state index contributed by atoms with van der Waals surface area (Å²) in [5.41, 5.74) is 0.0805. The molecule has 0 amide bonds. The van der Waals surface area contributed by atoms with Crippen LogP contribution in [0.3, 0.4) is 0 Å². The highest BCUT2D eigenvalue weighted by atomic mass is 19.1. The van der Waals surface area contributed by atoms with Crippen molar-refractivity contribution in [2.24, 2.45) is 0 Å². The summed E-state index contributed by atoms with van der Waals surface area (Å²) < 4.78 is 32.5. The topological polar surface area (TPSA) is 68.3 Å². The number of fused-ring (bicyclic) bond motifs is 1. The van der Waals surface area contributed by atoms with Gasteiger partial charge in [-0.15, -0.1) is 0 Å². The van der Waals surface area contributed by atoms with Crippen LogP contribution in [0.1, 0.15) is 30.2 Å². The molecule has 2 aromatic rings. The predicted octanol–water partition coefficient (Wildman–Crippen LogP) is 3.96. The van der Waals surface area contributed by atoms with Crippen LogP contribution >= 0.6 is 0 Å². The second-order valence-corrected chi connectivity index (χ2v) is 4.93. The highest BCUT2D eigenvalue weighted by Gasteiger charge is 2.25. The molecule has 1 atom stereocenters. The lowest BCUT2D eigenvalue weighted by molar-refractivity contribution is -0.387. The Morgan fingerprint density at radius 2 is 2.14 bits per heavy atom. The maximum Gasteiger partial charge on any atom is 0.307 e. The van der Waals surface area contributed by atoms with E-state index in [0.29, 0.717) is 6.07 Å². The smallest absolute Gasteiger partial charge is 0.307 e. The first-order valence-corrected chi connectivity index (χ1v) is 6.52. The summed E-state index contributed by atoms with van der Waals surface area (Å²) in [4.78, 5) is 9.86. The van der Waals surface area contributed by atoms with E-state index >= 15 is 0 Å². The quantitative estimate of drug-likeness (QED) is 0.687. The van der Waals surface area contributed by atoms with Crippen molar-refractivity contribution in [2.75, 3.05) is 5.32 Å². The molecule has 0 radical (unpaired) electrons. The Morgan fingerprint density at radius 1 is 1.33 bits per heavy atom. The molecule has 0 fully saturated rings. The molecule has 1 N–H and O–H groups in total. The van der Waals surface area contributed by atoms with Crippen molar-refractivity contribution in [3.63, 3.8) is 0 Å². The van der Waals surface area contributed by atoms with Gasteiger partial charge in [0.15, 0.2) is 0 Å². The largest absolute Gasteiger partial charge is 0.469 e. The average molecular weight is 294 g/mol. The zero-order chi connectivity index (χ0) is 15.0. The first kappa shape index (κ1) is 13.5. The minimum atomic E-state index is -1.18. The molecule has 0 saturated carbocycles. The summed E-state index contributed by atoms with van der Waals surface area (Å²) in [6, 6.07) is 3.01. The minimum Gasteiger partial charge on any atom is -0.469 e. The van der Waals surface area contributed by atoms with Gasteiger partial charge in [-0.3, -0.25) is 10.1 Å². The third kappa shape index (κ3) is 2.46.